The van der Waals surface area contributed by atoms with E-state index in [1.807, 2.05) is 6.92 Å². The van der Waals surface area contributed by atoms with Gasteiger partial charge in [-0.15, -0.1) is 0 Å². The van der Waals surface area contributed by atoms with Gasteiger partial charge in [0.05, 0.1) is 6.04 Å². The SMILES string of the molecule is CCCNC(c1oc2ccc(F)cc2c1C)C(C)C. The number of furan rings is 1. The zero-order valence-corrected chi connectivity index (χ0v) is 12.1. The second-order valence-electron chi connectivity index (χ2n) is 5.41. The Hall–Kier alpha value is -1.35. The Kier molecular flexibility index (Phi) is 4.25. The number of fused-ring (bicyclic) bond motifs is 1. The summed E-state index contributed by atoms with van der Waals surface area (Å²) in [4.78, 5) is 0. The summed E-state index contributed by atoms with van der Waals surface area (Å²) < 4.78 is 19.3. The summed E-state index contributed by atoms with van der Waals surface area (Å²) in [5.41, 5.74) is 1.80. The van der Waals surface area contributed by atoms with Gasteiger partial charge < -0.3 is 9.73 Å². The maximum Gasteiger partial charge on any atom is 0.134 e. The number of rotatable bonds is 5. The summed E-state index contributed by atoms with van der Waals surface area (Å²) in [7, 11) is 0. The first-order valence-electron chi connectivity index (χ1n) is 6.96. The molecule has 2 rings (SSSR count). The van der Waals surface area contributed by atoms with E-state index in [4.69, 9.17) is 4.42 Å². The number of hydrogen-bond donors (Lipinski definition) is 1. The molecule has 1 unspecified atom stereocenters. The molecule has 0 aliphatic carbocycles. The van der Waals surface area contributed by atoms with E-state index in [-0.39, 0.29) is 11.9 Å². The molecule has 0 amide bonds. The molecular weight excluding hydrogens is 241 g/mol. The van der Waals surface area contributed by atoms with Gasteiger partial charge in [-0.25, -0.2) is 4.39 Å². The predicted molar refractivity (Wildman–Crippen MR) is 76.8 cm³/mol. The van der Waals surface area contributed by atoms with Crippen molar-refractivity contribution in [2.75, 3.05) is 6.54 Å². The van der Waals surface area contributed by atoms with Crippen molar-refractivity contribution in [3.63, 3.8) is 0 Å². The van der Waals surface area contributed by atoms with Gasteiger partial charge in [-0.1, -0.05) is 20.8 Å². The van der Waals surface area contributed by atoms with Gasteiger partial charge in [-0.2, -0.15) is 0 Å². The van der Waals surface area contributed by atoms with Crippen LogP contribution in [0.4, 0.5) is 4.39 Å². The molecule has 0 saturated heterocycles. The van der Waals surface area contributed by atoms with Gasteiger partial charge in [-0.05, 0) is 44.0 Å². The van der Waals surface area contributed by atoms with Gasteiger partial charge in [0.2, 0.25) is 0 Å². The molecular formula is C16H22FNO. The minimum Gasteiger partial charge on any atom is -0.459 e. The largest absolute Gasteiger partial charge is 0.459 e. The van der Waals surface area contributed by atoms with Crippen molar-refractivity contribution in [1.82, 2.24) is 5.32 Å². The molecule has 1 N–H and O–H groups in total. The normalized spacial score (nSPS) is 13.4. The van der Waals surface area contributed by atoms with Crippen LogP contribution in [0, 0.1) is 18.7 Å². The molecule has 2 aromatic rings. The lowest BCUT2D eigenvalue weighted by Gasteiger charge is -2.20. The molecule has 1 atom stereocenters. The minimum atomic E-state index is -0.217. The van der Waals surface area contributed by atoms with Crippen LogP contribution < -0.4 is 5.32 Å². The summed E-state index contributed by atoms with van der Waals surface area (Å²) in [6.07, 6.45) is 1.08. The van der Waals surface area contributed by atoms with Crippen molar-refractivity contribution in [2.24, 2.45) is 5.92 Å². The van der Waals surface area contributed by atoms with Gasteiger partial charge in [-0.3, -0.25) is 0 Å². The number of hydrogen-bond acceptors (Lipinski definition) is 2. The molecule has 0 fully saturated rings. The Morgan fingerprint density at radius 2 is 2.05 bits per heavy atom. The van der Waals surface area contributed by atoms with E-state index in [1.54, 1.807) is 12.1 Å². The molecule has 1 heterocycles. The molecule has 0 spiro atoms. The van der Waals surface area contributed by atoms with Crippen LogP contribution in [0.5, 0.6) is 0 Å². The predicted octanol–water partition coefficient (Wildman–Crippen LogP) is 4.58. The average molecular weight is 263 g/mol. The smallest absolute Gasteiger partial charge is 0.134 e. The molecule has 2 nitrogen and oxygen atoms in total. The Balaban J connectivity index is 2.44. The third kappa shape index (κ3) is 2.81. The fourth-order valence-electron chi connectivity index (χ4n) is 2.44. The third-order valence-corrected chi connectivity index (χ3v) is 3.50. The minimum absolute atomic E-state index is 0.176. The highest BCUT2D eigenvalue weighted by Gasteiger charge is 2.22. The van der Waals surface area contributed by atoms with Crippen LogP contribution in [0.3, 0.4) is 0 Å². The van der Waals surface area contributed by atoms with Crippen LogP contribution in [-0.4, -0.2) is 6.54 Å². The zero-order valence-electron chi connectivity index (χ0n) is 12.1. The lowest BCUT2D eigenvalue weighted by molar-refractivity contribution is 0.349. The standard InChI is InChI=1S/C16H22FNO/c1-5-8-18-15(10(2)3)16-11(4)13-9-12(17)6-7-14(13)19-16/h6-7,9-10,15,18H,5,8H2,1-4H3. The third-order valence-electron chi connectivity index (χ3n) is 3.50. The zero-order chi connectivity index (χ0) is 14.0. The van der Waals surface area contributed by atoms with Gasteiger partial charge in [0, 0.05) is 10.9 Å². The van der Waals surface area contributed by atoms with Crippen LogP contribution in [0.25, 0.3) is 11.0 Å². The first-order valence-corrected chi connectivity index (χ1v) is 6.96. The summed E-state index contributed by atoms with van der Waals surface area (Å²) in [6, 6.07) is 4.88. The fraction of sp³-hybridized carbons (Fsp3) is 0.500. The van der Waals surface area contributed by atoms with Gasteiger partial charge >= 0.3 is 0 Å². The first-order chi connectivity index (χ1) is 9.04. The van der Waals surface area contributed by atoms with Gasteiger partial charge in [0.1, 0.15) is 17.2 Å². The first kappa shape index (κ1) is 14.1. The molecule has 1 aromatic heterocycles. The average Bonchev–Trinajstić information content (AvgIpc) is 2.67. The Labute approximate surface area is 114 Å². The summed E-state index contributed by atoms with van der Waals surface area (Å²) in [6.45, 7) is 9.43. The van der Waals surface area contributed by atoms with Gasteiger partial charge in [0.15, 0.2) is 0 Å². The van der Waals surface area contributed by atoms with E-state index in [0.29, 0.717) is 5.92 Å². The summed E-state index contributed by atoms with van der Waals surface area (Å²) in [5.74, 6) is 1.14. The van der Waals surface area contributed by atoms with Crippen molar-refractivity contribution in [2.45, 2.75) is 40.2 Å². The molecule has 19 heavy (non-hydrogen) atoms. The van der Waals surface area contributed by atoms with E-state index >= 15 is 0 Å². The molecule has 0 saturated carbocycles. The highest BCUT2D eigenvalue weighted by Crippen LogP contribution is 2.33. The molecule has 1 aromatic carbocycles. The van der Waals surface area contributed by atoms with Crippen molar-refractivity contribution in [3.8, 4) is 0 Å². The molecule has 0 radical (unpaired) electrons. The number of aryl methyl sites for hydroxylation is 1. The molecule has 0 aliphatic heterocycles. The monoisotopic (exact) mass is 263 g/mol. The summed E-state index contributed by atoms with van der Waals surface area (Å²) in [5, 5.41) is 4.39. The number of nitrogens with one attached hydrogen (secondary N) is 1. The van der Waals surface area contributed by atoms with E-state index in [9.17, 15) is 4.39 Å². The van der Waals surface area contributed by atoms with E-state index in [2.05, 4.69) is 26.1 Å². The van der Waals surface area contributed by atoms with Crippen LogP contribution in [0.15, 0.2) is 22.6 Å². The highest BCUT2D eigenvalue weighted by atomic mass is 19.1. The summed E-state index contributed by atoms with van der Waals surface area (Å²) >= 11 is 0. The highest BCUT2D eigenvalue weighted by molar-refractivity contribution is 5.82. The quantitative estimate of drug-likeness (QED) is 0.854. The van der Waals surface area contributed by atoms with Crippen LogP contribution in [-0.2, 0) is 0 Å². The fourth-order valence-corrected chi connectivity index (χ4v) is 2.44. The van der Waals surface area contributed by atoms with Crippen molar-refractivity contribution in [3.05, 3.63) is 35.3 Å². The number of halogens is 1. The van der Waals surface area contributed by atoms with Crippen LogP contribution in [0.1, 0.15) is 44.6 Å². The van der Waals surface area contributed by atoms with Crippen molar-refractivity contribution < 1.29 is 8.81 Å². The maximum absolute atomic E-state index is 13.3. The topological polar surface area (TPSA) is 25.2 Å². The number of benzene rings is 1. The van der Waals surface area contributed by atoms with Crippen molar-refractivity contribution >= 4 is 11.0 Å². The Morgan fingerprint density at radius 1 is 1.32 bits per heavy atom. The lowest BCUT2D eigenvalue weighted by atomic mass is 9.98. The van der Waals surface area contributed by atoms with Crippen LogP contribution in [0.2, 0.25) is 0 Å². The molecule has 0 aliphatic rings. The van der Waals surface area contributed by atoms with E-state index in [0.717, 1.165) is 35.3 Å². The Bertz CT molecular complexity index is 559. The molecule has 104 valence electrons. The van der Waals surface area contributed by atoms with E-state index < -0.39 is 0 Å². The van der Waals surface area contributed by atoms with Crippen LogP contribution >= 0.6 is 0 Å². The molecule has 3 heteroatoms. The van der Waals surface area contributed by atoms with E-state index in [1.165, 1.54) is 6.07 Å². The Morgan fingerprint density at radius 3 is 2.68 bits per heavy atom. The van der Waals surface area contributed by atoms with Crippen molar-refractivity contribution in [1.29, 1.82) is 0 Å². The van der Waals surface area contributed by atoms with Gasteiger partial charge in [0.25, 0.3) is 0 Å². The maximum atomic E-state index is 13.3. The second-order valence-corrected chi connectivity index (χ2v) is 5.41. The molecule has 0 bridgehead atoms. The second kappa shape index (κ2) is 5.74. The lowest BCUT2D eigenvalue weighted by Crippen LogP contribution is -2.26.